The van der Waals surface area contributed by atoms with E-state index < -0.39 is 0 Å². The maximum Gasteiger partial charge on any atom is 0.255 e. The summed E-state index contributed by atoms with van der Waals surface area (Å²) in [5.41, 5.74) is 3.59. The maximum atomic E-state index is 12.2. The first-order valence-electron chi connectivity index (χ1n) is 7.91. The summed E-state index contributed by atoms with van der Waals surface area (Å²) in [5.74, 6) is -0.0678. The lowest BCUT2D eigenvalue weighted by Gasteiger charge is -2.09. The van der Waals surface area contributed by atoms with E-state index in [1.54, 1.807) is 0 Å². The second kappa shape index (κ2) is 8.23. The average molecular weight is 296 g/mol. The minimum Gasteiger partial charge on any atom is -0.385 e. The molecule has 0 unspecified atom stereocenters. The number of aryl methyl sites for hydroxylation is 1. The standard InChI is InChI=1S/C19H24N2O/c1-3-4-7-14-20-16-10-12-17(13-11-16)21-19(22)18-9-6-5-8-15(18)2/h5-6,8-13,20H,3-4,7,14H2,1-2H3,(H,21,22). The molecule has 0 bridgehead atoms. The second-order valence-electron chi connectivity index (χ2n) is 5.48. The van der Waals surface area contributed by atoms with E-state index in [1.165, 1.54) is 19.3 Å². The Morgan fingerprint density at radius 1 is 0.955 bits per heavy atom. The first-order chi connectivity index (χ1) is 10.7. The van der Waals surface area contributed by atoms with E-state index in [1.807, 2.05) is 55.5 Å². The molecule has 2 N–H and O–H groups in total. The summed E-state index contributed by atoms with van der Waals surface area (Å²) in [7, 11) is 0. The van der Waals surface area contributed by atoms with Crippen molar-refractivity contribution in [1.82, 2.24) is 0 Å². The third kappa shape index (κ3) is 4.62. The summed E-state index contributed by atoms with van der Waals surface area (Å²) >= 11 is 0. The molecule has 0 saturated carbocycles. The van der Waals surface area contributed by atoms with Gasteiger partial charge < -0.3 is 10.6 Å². The van der Waals surface area contributed by atoms with Crippen molar-refractivity contribution in [2.24, 2.45) is 0 Å². The van der Waals surface area contributed by atoms with Gasteiger partial charge in [-0.25, -0.2) is 0 Å². The van der Waals surface area contributed by atoms with Crippen molar-refractivity contribution in [3.8, 4) is 0 Å². The van der Waals surface area contributed by atoms with Crippen LogP contribution in [0.25, 0.3) is 0 Å². The van der Waals surface area contributed by atoms with E-state index in [0.29, 0.717) is 5.56 Å². The topological polar surface area (TPSA) is 41.1 Å². The number of hydrogen-bond donors (Lipinski definition) is 2. The SMILES string of the molecule is CCCCCNc1ccc(NC(=O)c2ccccc2C)cc1. The number of hydrogen-bond acceptors (Lipinski definition) is 2. The number of carbonyl (C=O) groups excluding carboxylic acids is 1. The average Bonchev–Trinajstić information content (AvgIpc) is 2.53. The lowest BCUT2D eigenvalue weighted by molar-refractivity contribution is 0.102. The van der Waals surface area contributed by atoms with E-state index in [9.17, 15) is 4.79 Å². The summed E-state index contributed by atoms with van der Waals surface area (Å²) in [5, 5.41) is 6.32. The molecular weight excluding hydrogens is 272 g/mol. The van der Waals surface area contributed by atoms with Crippen LogP contribution in [0.2, 0.25) is 0 Å². The quantitative estimate of drug-likeness (QED) is 0.717. The maximum absolute atomic E-state index is 12.2. The third-order valence-electron chi connectivity index (χ3n) is 3.64. The Kier molecular flexibility index (Phi) is 6.01. The highest BCUT2D eigenvalue weighted by Crippen LogP contribution is 2.16. The molecule has 22 heavy (non-hydrogen) atoms. The molecule has 0 aliphatic rings. The van der Waals surface area contributed by atoms with Gasteiger partial charge in [0.1, 0.15) is 0 Å². The number of nitrogens with one attached hydrogen (secondary N) is 2. The van der Waals surface area contributed by atoms with E-state index in [4.69, 9.17) is 0 Å². The van der Waals surface area contributed by atoms with Gasteiger partial charge in [-0.1, -0.05) is 38.0 Å². The fraction of sp³-hybridized carbons (Fsp3) is 0.316. The monoisotopic (exact) mass is 296 g/mol. The number of unbranched alkanes of at least 4 members (excludes halogenated alkanes) is 2. The molecule has 2 rings (SSSR count). The molecule has 0 spiro atoms. The molecule has 0 aliphatic carbocycles. The van der Waals surface area contributed by atoms with Crippen LogP contribution in [0, 0.1) is 6.92 Å². The number of amides is 1. The van der Waals surface area contributed by atoms with Crippen molar-refractivity contribution >= 4 is 17.3 Å². The smallest absolute Gasteiger partial charge is 0.255 e. The van der Waals surface area contributed by atoms with Gasteiger partial charge in [-0.2, -0.15) is 0 Å². The van der Waals surface area contributed by atoms with Crippen LogP contribution < -0.4 is 10.6 Å². The van der Waals surface area contributed by atoms with Gasteiger partial charge in [0.2, 0.25) is 0 Å². The Hall–Kier alpha value is -2.29. The molecular formula is C19H24N2O. The zero-order chi connectivity index (χ0) is 15.8. The van der Waals surface area contributed by atoms with Gasteiger partial charge in [-0.05, 0) is 49.2 Å². The van der Waals surface area contributed by atoms with E-state index in [-0.39, 0.29) is 5.91 Å². The van der Waals surface area contributed by atoms with Crippen molar-refractivity contribution in [3.63, 3.8) is 0 Å². The lowest BCUT2D eigenvalue weighted by atomic mass is 10.1. The van der Waals surface area contributed by atoms with Crippen molar-refractivity contribution in [2.45, 2.75) is 33.1 Å². The number of rotatable bonds is 7. The zero-order valence-electron chi connectivity index (χ0n) is 13.4. The van der Waals surface area contributed by atoms with Gasteiger partial charge in [-0.3, -0.25) is 4.79 Å². The van der Waals surface area contributed by atoms with Gasteiger partial charge in [0, 0.05) is 23.5 Å². The van der Waals surface area contributed by atoms with Crippen LogP contribution in [-0.2, 0) is 0 Å². The van der Waals surface area contributed by atoms with Crippen LogP contribution in [0.1, 0.15) is 42.1 Å². The van der Waals surface area contributed by atoms with Gasteiger partial charge in [0.25, 0.3) is 5.91 Å². The minimum absolute atomic E-state index is 0.0678. The Balaban J connectivity index is 1.91. The van der Waals surface area contributed by atoms with Crippen molar-refractivity contribution in [3.05, 3.63) is 59.7 Å². The van der Waals surface area contributed by atoms with Gasteiger partial charge in [0.05, 0.1) is 0 Å². The summed E-state index contributed by atoms with van der Waals surface area (Å²) in [6.07, 6.45) is 3.66. The summed E-state index contributed by atoms with van der Waals surface area (Å²) < 4.78 is 0. The van der Waals surface area contributed by atoms with Crippen LogP contribution in [-0.4, -0.2) is 12.5 Å². The van der Waals surface area contributed by atoms with Crippen molar-refractivity contribution < 1.29 is 4.79 Å². The Bertz CT molecular complexity index is 605. The molecule has 0 heterocycles. The predicted octanol–water partition coefficient (Wildman–Crippen LogP) is 4.85. The number of carbonyl (C=O) groups is 1. The van der Waals surface area contributed by atoms with Crippen LogP contribution in [0.15, 0.2) is 48.5 Å². The highest BCUT2D eigenvalue weighted by molar-refractivity contribution is 6.05. The van der Waals surface area contributed by atoms with E-state index in [2.05, 4.69) is 17.6 Å². The van der Waals surface area contributed by atoms with Crippen molar-refractivity contribution in [2.75, 3.05) is 17.2 Å². The molecule has 2 aromatic carbocycles. The van der Waals surface area contributed by atoms with E-state index in [0.717, 1.165) is 23.5 Å². The fourth-order valence-corrected chi connectivity index (χ4v) is 2.31. The molecule has 0 aromatic heterocycles. The number of anilines is 2. The highest BCUT2D eigenvalue weighted by atomic mass is 16.1. The zero-order valence-corrected chi connectivity index (χ0v) is 13.4. The predicted molar refractivity (Wildman–Crippen MR) is 93.6 cm³/mol. The summed E-state index contributed by atoms with van der Waals surface area (Å²) in [4.78, 5) is 12.2. The minimum atomic E-state index is -0.0678. The molecule has 0 aliphatic heterocycles. The van der Waals surface area contributed by atoms with Crippen LogP contribution >= 0.6 is 0 Å². The van der Waals surface area contributed by atoms with Crippen LogP contribution in [0.5, 0.6) is 0 Å². The second-order valence-corrected chi connectivity index (χ2v) is 5.48. The van der Waals surface area contributed by atoms with Gasteiger partial charge in [-0.15, -0.1) is 0 Å². The molecule has 3 heteroatoms. The molecule has 0 saturated heterocycles. The molecule has 116 valence electrons. The first kappa shape index (κ1) is 16.1. The van der Waals surface area contributed by atoms with Crippen molar-refractivity contribution in [1.29, 1.82) is 0 Å². The van der Waals surface area contributed by atoms with Crippen LogP contribution in [0.3, 0.4) is 0 Å². The Morgan fingerprint density at radius 3 is 2.32 bits per heavy atom. The summed E-state index contributed by atoms with van der Waals surface area (Å²) in [6.45, 7) is 5.13. The molecule has 0 atom stereocenters. The molecule has 1 amide bonds. The fourth-order valence-electron chi connectivity index (χ4n) is 2.31. The Morgan fingerprint density at radius 2 is 1.64 bits per heavy atom. The number of benzene rings is 2. The van der Waals surface area contributed by atoms with Gasteiger partial charge in [0.15, 0.2) is 0 Å². The third-order valence-corrected chi connectivity index (χ3v) is 3.64. The summed E-state index contributed by atoms with van der Waals surface area (Å²) in [6, 6.07) is 15.5. The first-order valence-corrected chi connectivity index (χ1v) is 7.91. The Labute approximate surface area is 132 Å². The normalized spacial score (nSPS) is 10.3. The largest absolute Gasteiger partial charge is 0.385 e. The van der Waals surface area contributed by atoms with Crippen LogP contribution in [0.4, 0.5) is 11.4 Å². The van der Waals surface area contributed by atoms with Gasteiger partial charge >= 0.3 is 0 Å². The molecule has 2 aromatic rings. The molecule has 3 nitrogen and oxygen atoms in total. The lowest BCUT2D eigenvalue weighted by Crippen LogP contribution is -2.13. The highest BCUT2D eigenvalue weighted by Gasteiger charge is 2.08. The molecule has 0 fully saturated rings. The molecule has 0 radical (unpaired) electrons. The van der Waals surface area contributed by atoms with E-state index >= 15 is 0 Å².